The van der Waals surface area contributed by atoms with Gasteiger partial charge in [-0.05, 0) is 31.5 Å². The quantitative estimate of drug-likeness (QED) is 0.625. The third kappa shape index (κ3) is 5.08. The molecule has 24 heavy (non-hydrogen) atoms. The van der Waals surface area contributed by atoms with Gasteiger partial charge in [0.2, 0.25) is 5.91 Å². The molecule has 0 aromatic heterocycles. The summed E-state index contributed by atoms with van der Waals surface area (Å²) < 4.78 is 5.56. The zero-order chi connectivity index (χ0) is 17.5. The summed E-state index contributed by atoms with van der Waals surface area (Å²) in [7, 11) is 0. The van der Waals surface area contributed by atoms with Crippen LogP contribution in [0.4, 0.5) is 5.69 Å². The summed E-state index contributed by atoms with van der Waals surface area (Å²) in [6, 6.07) is 13.7. The van der Waals surface area contributed by atoms with Crippen LogP contribution in [0, 0.1) is 10.1 Å². The summed E-state index contributed by atoms with van der Waals surface area (Å²) in [4.78, 5) is 22.5. The summed E-state index contributed by atoms with van der Waals surface area (Å²) in [6.45, 7) is 4.27. The second kappa shape index (κ2) is 8.10. The SMILES string of the molecule is CC(C)Oc1ccc(CNC(=O)Cc2ccccc2[N+](=O)[O-])cc1. The Bertz CT molecular complexity index is 711. The predicted molar refractivity (Wildman–Crippen MR) is 90.9 cm³/mol. The number of amides is 1. The molecule has 6 nitrogen and oxygen atoms in total. The van der Waals surface area contributed by atoms with Gasteiger partial charge in [0.15, 0.2) is 0 Å². The molecule has 0 bridgehead atoms. The molecule has 0 unspecified atom stereocenters. The minimum atomic E-state index is -0.476. The molecule has 1 amide bonds. The van der Waals surface area contributed by atoms with E-state index in [9.17, 15) is 14.9 Å². The Labute approximate surface area is 140 Å². The van der Waals surface area contributed by atoms with Gasteiger partial charge < -0.3 is 10.1 Å². The highest BCUT2D eigenvalue weighted by atomic mass is 16.6. The number of benzene rings is 2. The van der Waals surface area contributed by atoms with E-state index in [-0.39, 0.29) is 24.1 Å². The number of carbonyl (C=O) groups is 1. The molecule has 0 aliphatic carbocycles. The average Bonchev–Trinajstić information content (AvgIpc) is 2.54. The van der Waals surface area contributed by atoms with Crippen molar-refractivity contribution >= 4 is 11.6 Å². The van der Waals surface area contributed by atoms with Crippen molar-refractivity contribution in [2.24, 2.45) is 0 Å². The normalized spacial score (nSPS) is 10.5. The Kier molecular flexibility index (Phi) is 5.89. The van der Waals surface area contributed by atoms with Crippen molar-refractivity contribution in [3.05, 3.63) is 69.8 Å². The predicted octanol–water partition coefficient (Wildman–Crippen LogP) is 3.24. The number of rotatable bonds is 7. The van der Waals surface area contributed by atoms with Crippen molar-refractivity contribution in [3.63, 3.8) is 0 Å². The topological polar surface area (TPSA) is 81.5 Å². The summed E-state index contributed by atoms with van der Waals surface area (Å²) in [5, 5.41) is 13.7. The maximum Gasteiger partial charge on any atom is 0.273 e. The molecule has 0 aliphatic heterocycles. The van der Waals surface area contributed by atoms with Gasteiger partial charge in [0, 0.05) is 18.2 Å². The highest BCUT2D eigenvalue weighted by molar-refractivity contribution is 5.79. The van der Waals surface area contributed by atoms with E-state index in [4.69, 9.17) is 4.74 Å². The van der Waals surface area contributed by atoms with Crippen LogP contribution in [0.5, 0.6) is 5.75 Å². The molecule has 0 atom stereocenters. The number of ether oxygens (including phenoxy) is 1. The third-order valence-corrected chi connectivity index (χ3v) is 3.32. The lowest BCUT2D eigenvalue weighted by atomic mass is 10.1. The largest absolute Gasteiger partial charge is 0.491 e. The van der Waals surface area contributed by atoms with E-state index >= 15 is 0 Å². The van der Waals surface area contributed by atoms with Gasteiger partial charge in [-0.2, -0.15) is 0 Å². The van der Waals surface area contributed by atoms with Gasteiger partial charge in [0.25, 0.3) is 5.69 Å². The van der Waals surface area contributed by atoms with Crippen LogP contribution in [0.15, 0.2) is 48.5 Å². The molecule has 0 aliphatic rings. The average molecular weight is 328 g/mol. The lowest BCUT2D eigenvalue weighted by molar-refractivity contribution is -0.385. The van der Waals surface area contributed by atoms with Crippen LogP contribution >= 0.6 is 0 Å². The number of carbonyl (C=O) groups excluding carboxylic acids is 1. The van der Waals surface area contributed by atoms with E-state index in [1.165, 1.54) is 6.07 Å². The molecule has 1 N–H and O–H groups in total. The third-order valence-electron chi connectivity index (χ3n) is 3.32. The maximum atomic E-state index is 12.0. The lowest BCUT2D eigenvalue weighted by Gasteiger charge is -2.10. The van der Waals surface area contributed by atoms with Crippen molar-refractivity contribution in [1.29, 1.82) is 0 Å². The van der Waals surface area contributed by atoms with Crippen LogP contribution in [0.3, 0.4) is 0 Å². The summed E-state index contributed by atoms with van der Waals surface area (Å²) in [5.74, 6) is 0.520. The monoisotopic (exact) mass is 328 g/mol. The van der Waals surface area contributed by atoms with E-state index in [0.717, 1.165) is 11.3 Å². The van der Waals surface area contributed by atoms with Crippen LogP contribution in [0.2, 0.25) is 0 Å². The first-order chi connectivity index (χ1) is 11.5. The van der Waals surface area contributed by atoms with E-state index in [0.29, 0.717) is 12.1 Å². The van der Waals surface area contributed by atoms with E-state index in [1.54, 1.807) is 18.2 Å². The van der Waals surface area contributed by atoms with Crippen molar-refractivity contribution < 1.29 is 14.5 Å². The van der Waals surface area contributed by atoms with Crippen molar-refractivity contribution in [2.75, 3.05) is 0 Å². The van der Waals surface area contributed by atoms with Crippen LogP contribution in [0.1, 0.15) is 25.0 Å². The number of nitro groups is 1. The molecule has 0 spiro atoms. The molecule has 6 heteroatoms. The Morgan fingerprint density at radius 3 is 2.46 bits per heavy atom. The van der Waals surface area contributed by atoms with Gasteiger partial charge in [-0.15, -0.1) is 0 Å². The molecule has 0 saturated heterocycles. The molecule has 0 heterocycles. The Balaban J connectivity index is 1.91. The van der Waals surface area contributed by atoms with Crippen molar-refractivity contribution in [2.45, 2.75) is 32.9 Å². The summed E-state index contributed by atoms with van der Waals surface area (Å²) in [5.41, 5.74) is 1.30. The smallest absolute Gasteiger partial charge is 0.273 e. The summed E-state index contributed by atoms with van der Waals surface area (Å²) in [6.07, 6.45) is 0.0864. The molecule has 0 saturated carbocycles. The molecule has 2 aromatic rings. The number of nitro benzene ring substituents is 1. The van der Waals surface area contributed by atoms with Crippen molar-refractivity contribution in [1.82, 2.24) is 5.32 Å². The first-order valence-electron chi connectivity index (χ1n) is 7.70. The first-order valence-corrected chi connectivity index (χ1v) is 7.70. The fraction of sp³-hybridized carbons (Fsp3) is 0.278. The van der Waals surface area contributed by atoms with E-state index in [2.05, 4.69) is 5.32 Å². The van der Waals surface area contributed by atoms with E-state index in [1.807, 2.05) is 38.1 Å². The van der Waals surface area contributed by atoms with E-state index < -0.39 is 4.92 Å². The van der Waals surface area contributed by atoms with Gasteiger partial charge in [-0.25, -0.2) is 0 Å². The number of hydrogen-bond acceptors (Lipinski definition) is 4. The van der Waals surface area contributed by atoms with Crippen LogP contribution in [0.25, 0.3) is 0 Å². The molecular weight excluding hydrogens is 308 g/mol. The van der Waals surface area contributed by atoms with Gasteiger partial charge in [-0.3, -0.25) is 14.9 Å². The standard InChI is InChI=1S/C18H20N2O4/c1-13(2)24-16-9-7-14(8-10-16)12-19-18(21)11-15-5-3-4-6-17(15)20(22)23/h3-10,13H,11-12H2,1-2H3,(H,19,21). The fourth-order valence-electron chi connectivity index (χ4n) is 2.23. The molecule has 2 rings (SSSR count). The zero-order valence-corrected chi connectivity index (χ0v) is 13.7. The number of nitrogens with one attached hydrogen (secondary N) is 1. The fourth-order valence-corrected chi connectivity index (χ4v) is 2.23. The first kappa shape index (κ1) is 17.5. The minimum Gasteiger partial charge on any atom is -0.491 e. The lowest BCUT2D eigenvalue weighted by Crippen LogP contribution is -2.24. The van der Waals surface area contributed by atoms with Gasteiger partial charge >= 0.3 is 0 Å². The minimum absolute atomic E-state index is 0.0221. The summed E-state index contributed by atoms with van der Waals surface area (Å²) >= 11 is 0. The maximum absolute atomic E-state index is 12.0. The molecule has 126 valence electrons. The Morgan fingerprint density at radius 2 is 1.83 bits per heavy atom. The van der Waals surface area contributed by atoms with Crippen LogP contribution in [-0.4, -0.2) is 16.9 Å². The zero-order valence-electron chi connectivity index (χ0n) is 13.7. The number of para-hydroxylation sites is 1. The van der Waals surface area contributed by atoms with Gasteiger partial charge in [0.1, 0.15) is 5.75 Å². The molecule has 2 aromatic carbocycles. The molecular formula is C18H20N2O4. The van der Waals surface area contributed by atoms with Crippen LogP contribution < -0.4 is 10.1 Å². The number of nitrogens with zero attached hydrogens (tertiary/aromatic N) is 1. The second-order valence-electron chi connectivity index (χ2n) is 5.65. The van der Waals surface area contributed by atoms with Crippen LogP contribution in [-0.2, 0) is 17.8 Å². The Hall–Kier alpha value is -2.89. The number of hydrogen-bond donors (Lipinski definition) is 1. The second-order valence-corrected chi connectivity index (χ2v) is 5.65. The molecule has 0 radical (unpaired) electrons. The van der Waals surface area contributed by atoms with Crippen molar-refractivity contribution in [3.8, 4) is 5.75 Å². The van der Waals surface area contributed by atoms with Gasteiger partial charge in [0.05, 0.1) is 17.4 Å². The van der Waals surface area contributed by atoms with Gasteiger partial charge in [-0.1, -0.05) is 30.3 Å². The highest BCUT2D eigenvalue weighted by Crippen LogP contribution is 2.18. The Morgan fingerprint density at radius 1 is 1.17 bits per heavy atom. The highest BCUT2D eigenvalue weighted by Gasteiger charge is 2.15. The molecule has 0 fully saturated rings.